The number of hydrogen-bond acceptors (Lipinski definition) is 3. The maximum Gasteiger partial charge on any atom is 0.169 e. The fourth-order valence-corrected chi connectivity index (χ4v) is 2.14. The zero-order valence-corrected chi connectivity index (χ0v) is 12.3. The van der Waals surface area contributed by atoms with Crippen LogP contribution in [0.25, 0.3) is 0 Å². The lowest BCUT2D eigenvalue weighted by Crippen LogP contribution is -2.14. The fourth-order valence-electron chi connectivity index (χ4n) is 1.89. The molecule has 0 amide bonds. The quantitative estimate of drug-likeness (QED) is 0.774. The Morgan fingerprint density at radius 3 is 2.70 bits per heavy atom. The molecule has 1 heterocycles. The Hall–Kier alpha value is -1.74. The van der Waals surface area contributed by atoms with Crippen molar-refractivity contribution in [2.45, 2.75) is 19.4 Å². The number of ether oxygens (including phenoxy) is 1. The van der Waals surface area contributed by atoms with E-state index in [9.17, 15) is 0 Å². The highest BCUT2D eigenvalue weighted by atomic mass is 35.5. The second-order valence-electron chi connectivity index (χ2n) is 4.46. The van der Waals surface area contributed by atoms with Crippen LogP contribution in [0.15, 0.2) is 48.7 Å². The first-order valence-electron chi connectivity index (χ1n) is 6.80. The minimum absolute atomic E-state index is 0.0109. The molecule has 0 saturated heterocycles. The van der Waals surface area contributed by atoms with Gasteiger partial charge in [0, 0.05) is 12.1 Å². The molecule has 0 saturated carbocycles. The van der Waals surface area contributed by atoms with Crippen LogP contribution in [0.5, 0.6) is 5.75 Å². The van der Waals surface area contributed by atoms with Gasteiger partial charge in [0.05, 0.1) is 12.6 Å². The highest BCUT2D eigenvalue weighted by Crippen LogP contribution is 2.26. The Kier molecular flexibility index (Phi) is 5.69. The van der Waals surface area contributed by atoms with Gasteiger partial charge < -0.3 is 10.1 Å². The molecular formula is C16H19ClN2O. The van der Waals surface area contributed by atoms with E-state index < -0.39 is 0 Å². The summed E-state index contributed by atoms with van der Waals surface area (Å²) in [5.74, 6) is 1.96. The van der Waals surface area contributed by atoms with E-state index in [2.05, 4.69) is 29.4 Å². The summed E-state index contributed by atoms with van der Waals surface area (Å²) >= 11 is 6.08. The molecule has 0 fully saturated rings. The van der Waals surface area contributed by atoms with Crippen LogP contribution in [0.1, 0.15) is 24.9 Å². The first-order chi connectivity index (χ1) is 9.85. The van der Waals surface area contributed by atoms with Crippen molar-refractivity contribution in [3.8, 4) is 5.75 Å². The molecule has 0 aliphatic carbocycles. The van der Waals surface area contributed by atoms with Crippen LogP contribution in [0, 0.1) is 0 Å². The van der Waals surface area contributed by atoms with Crippen molar-refractivity contribution in [3.05, 3.63) is 54.2 Å². The largest absolute Gasteiger partial charge is 0.490 e. The molecule has 2 aromatic rings. The van der Waals surface area contributed by atoms with Crippen LogP contribution in [-0.2, 0) is 0 Å². The summed E-state index contributed by atoms with van der Waals surface area (Å²) in [7, 11) is 0. The summed E-state index contributed by atoms with van der Waals surface area (Å²) in [4.78, 5) is 4.35. The molecule has 4 heteroatoms. The van der Waals surface area contributed by atoms with Gasteiger partial charge in [0.1, 0.15) is 0 Å². The molecule has 1 N–H and O–H groups in total. The molecular weight excluding hydrogens is 272 g/mol. The lowest BCUT2D eigenvalue weighted by molar-refractivity contribution is 0.317. The zero-order valence-electron chi connectivity index (χ0n) is 11.6. The zero-order chi connectivity index (χ0) is 14.2. The summed E-state index contributed by atoms with van der Waals surface area (Å²) in [5.41, 5.74) is 1.13. The summed E-state index contributed by atoms with van der Waals surface area (Å²) in [6.45, 7) is 2.76. The van der Waals surface area contributed by atoms with Crippen molar-refractivity contribution in [2.24, 2.45) is 0 Å². The van der Waals surface area contributed by atoms with Crippen molar-refractivity contribution >= 4 is 17.4 Å². The molecule has 0 bridgehead atoms. The number of nitrogens with one attached hydrogen (secondary N) is 1. The molecule has 1 unspecified atom stereocenters. The molecule has 0 aliphatic heterocycles. The van der Waals surface area contributed by atoms with Crippen molar-refractivity contribution in [2.75, 3.05) is 17.8 Å². The minimum Gasteiger partial charge on any atom is -0.490 e. The number of aromatic nitrogens is 1. The van der Waals surface area contributed by atoms with Crippen LogP contribution in [0.4, 0.5) is 5.82 Å². The van der Waals surface area contributed by atoms with E-state index in [1.165, 1.54) is 0 Å². The van der Waals surface area contributed by atoms with E-state index in [0.717, 1.165) is 23.6 Å². The van der Waals surface area contributed by atoms with Gasteiger partial charge in [0.2, 0.25) is 0 Å². The molecule has 1 aromatic carbocycles. The van der Waals surface area contributed by atoms with E-state index in [0.29, 0.717) is 12.5 Å². The molecule has 1 aromatic heterocycles. The summed E-state index contributed by atoms with van der Waals surface area (Å²) in [5, 5.41) is 3.35. The number of rotatable bonds is 7. The lowest BCUT2D eigenvalue weighted by Gasteiger charge is -2.19. The maximum atomic E-state index is 6.08. The number of pyridine rings is 1. The van der Waals surface area contributed by atoms with Gasteiger partial charge in [0.25, 0.3) is 0 Å². The van der Waals surface area contributed by atoms with Crippen molar-refractivity contribution in [3.63, 3.8) is 0 Å². The van der Waals surface area contributed by atoms with Gasteiger partial charge in [-0.1, -0.05) is 37.3 Å². The molecule has 1 atom stereocenters. The number of hydrogen-bond donors (Lipinski definition) is 1. The van der Waals surface area contributed by atoms with Gasteiger partial charge in [0.15, 0.2) is 11.6 Å². The SMILES string of the molecule is CCCOc1cccnc1NC(CCl)c1ccccc1. The van der Waals surface area contributed by atoms with Crippen LogP contribution < -0.4 is 10.1 Å². The van der Waals surface area contributed by atoms with Gasteiger partial charge in [-0.25, -0.2) is 4.98 Å². The third kappa shape index (κ3) is 3.87. The maximum absolute atomic E-state index is 6.08. The molecule has 0 aliphatic rings. The molecule has 0 spiro atoms. The molecule has 20 heavy (non-hydrogen) atoms. The van der Waals surface area contributed by atoms with E-state index in [-0.39, 0.29) is 6.04 Å². The topological polar surface area (TPSA) is 34.1 Å². The predicted octanol–water partition coefficient (Wildman–Crippen LogP) is 4.26. The molecule has 3 nitrogen and oxygen atoms in total. The highest BCUT2D eigenvalue weighted by molar-refractivity contribution is 6.18. The molecule has 0 radical (unpaired) electrons. The van der Waals surface area contributed by atoms with Crippen LogP contribution >= 0.6 is 11.6 Å². The Labute approximate surface area is 124 Å². The highest BCUT2D eigenvalue weighted by Gasteiger charge is 2.13. The number of alkyl halides is 1. The Morgan fingerprint density at radius 1 is 1.20 bits per heavy atom. The first-order valence-corrected chi connectivity index (χ1v) is 7.34. The Bertz CT molecular complexity index is 519. The molecule has 106 valence electrons. The third-order valence-electron chi connectivity index (χ3n) is 2.90. The van der Waals surface area contributed by atoms with Gasteiger partial charge in [-0.3, -0.25) is 0 Å². The summed E-state index contributed by atoms with van der Waals surface area (Å²) < 4.78 is 5.70. The fraction of sp³-hybridized carbons (Fsp3) is 0.312. The van der Waals surface area contributed by atoms with E-state index in [4.69, 9.17) is 16.3 Å². The smallest absolute Gasteiger partial charge is 0.169 e. The lowest BCUT2D eigenvalue weighted by atomic mass is 10.1. The average molecular weight is 291 g/mol. The van der Waals surface area contributed by atoms with Crippen LogP contribution in [0.2, 0.25) is 0 Å². The number of anilines is 1. The van der Waals surface area contributed by atoms with Gasteiger partial charge in [-0.15, -0.1) is 11.6 Å². The summed E-state index contributed by atoms with van der Waals surface area (Å²) in [6.07, 6.45) is 2.71. The monoisotopic (exact) mass is 290 g/mol. The van der Waals surface area contributed by atoms with E-state index in [1.807, 2.05) is 30.3 Å². The average Bonchev–Trinajstić information content (AvgIpc) is 2.52. The van der Waals surface area contributed by atoms with Crippen molar-refractivity contribution in [1.82, 2.24) is 4.98 Å². The van der Waals surface area contributed by atoms with Crippen molar-refractivity contribution in [1.29, 1.82) is 0 Å². The second kappa shape index (κ2) is 7.75. The molecule has 2 rings (SSSR count). The number of nitrogens with zero attached hydrogens (tertiary/aromatic N) is 1. The van der Waals surface area contributed by atoms with E-state index in [1.54, 1.807) is 6.20 Å². The van der Waals surface area contributed by atoms with Gasteiger partial charge in [-0.05, 0) is 24.1 Å². The standard InChI is InChI=1S/C16H19ClN2O/c1-2-11-20-15-9-6-10-18-16(15)19-14(12-17)13-7-4-3-5-8-13/h3-10,14H,2,11-12H2,1H3,(H,18,19). The predicted molar refractivity (Wildman–Crippen MR) is 83.5 cm³/mol. The van der Waals surface area contributed by atoms with Crippen LogP contribution in [0.3, 0.4) is 0 Å². The van der Waals surface area contributed by atoms with Crippen molar-refractivity contribution < 1.29 is 4.74 Å². The Balaban J connectivity index is 2.15. The second-order valence-corrected chi connectivity index (χ2v) is 4.77. The van der Waals surface area contributed by atoms with E-state index >= 15 is 0 Å². The normalized spacial score (nSPS) is 11.9. The van der Waals surface area contributed by atoms with Crippen LogP contribution in [-0.4, -0.2) is 17.5 Å². The first kappa shape index (κ1) is 14.7. The van der Waals surface area contributed by atoms with Gasteiger partial charge >= 0.3 is 0 Å². The number of halogens is 1. The number of benzene rings is 1. The minimum atomic E-state index is 0.0109. The summed E-state index contributed by atoms with van der Waals surface area (Å²) in [6, 6.07) is 13.9. The van der Waals surface area contributed by atoms with Gasteiger partial charge in [-0.2, -0.15) is 0 Å². The third-order valence-corrected chi connectivity index (χ3v) is 3.21. The Morgan fingerprint density at radius 2 is 2.00 bits per heavy atom.